The number of hydrogen-bond donors (Lipinski definition) is 2. The lowest BCUT2D eigenvalue weighted by Crippen LogP contribution is -2.51. The first-order valence-corrected chi connectivity index (χ1v) is 6.26. The molecule has 0 aliphatic rings. The van der Waals surface area contributed by atoms with Gasteiger partial charge in [-0.1, -0.05) is 30.3 Å². The van der Waals surface area contributed by atoms with Crippen molar-refractivity contribution in [2.24, 2.45) is 0 Å². The van der Waals surface area contributed by atoms with Crippen molar-refractivity contribution in [3.05, 3.63) is 35.9 Å². The summed E-state index contributed by atoms with van der Waals surface area (Å²) in [7, 11) is 2.73. The van der Waals surface area contributed by atoms with Gasteiger partial charge in [0.25, 0.3) is 5.91 Å². The van der Waals surface area contributed by atoms with Crippen LogP contribution in [0.4, 0.5) is 0 Å². The second kappa shape index (κ2) is 7.62. The molecule has 1 aromatic rings. The lowest BCUT2D eigenvalue weighted by molar-refractivity contribution is -0.179. The topological polar surface area (TPSA) is 78.9 Å². The van der Waals surface area contributed by atoms with Crippen LogP contribution in [0, 0.1) is 0 Å². The van der Waals surface area contributed by atoms with Gasteiger partial charge >= 0.3 is 0 Å². The molecule has 0 aromatic heterocycles. The Morgan fingerprint density at radius 1 is 1.35 bits per heavy atom. The molecule has 2 amide bonds. The van der Waals surface area contributed by atoms with E-state index < -0.39 is 18.1 Å². The zero-order chi connectivity index (χ0) is 15.1. The van der Waals surface area contributed by atoms with Gasteiger partial charge in [-0.2, -0.15) is 0 Å². The molecule has 0 bridgehead atoms. The summed E-state index contributed by atoms with van der Waals surface area (Å²) < 4.78 is 0. The molecule has 0 saturated heterocycles. The van der Waals surface area contributed by atoms with Crippen LogP contribution in [-0.2, 0) is 20.8 Å². The summed E-state index contributed by atoms with van der Waals surface area (Å²) in [6.07, 6.45) is -1.02. The van der Waals surface area contributed by atoms with Gasteiger partial charge in [0.2, 0.25) is 5.91 Å². The fourth-order valence-electron chi connectivity index (χ4n) is 1.82. The van der Waals surface area contributed by atoms with E-state index in [1.54, 1.807) is 0 Å². The van der Waals surface area contributed by atoms with E-state index in [9.17, 15) is 14.7 Å². The molecule has 6 nitrogen and oxygen atoms in total. The van der Waals surface area contributed by atoms with Crippen LogP contribution < -0.4 is 5.32 Å². The average molecular weight is 280 g/mol. The third kappa shape index (κ3) is 4.64. The second-order valence-corrected chi connectivity index (χ2v) is 4.46. The van der Waals surface area contributed by atoms with Crippen molar-refractivity contribution >= 4 is 11.8 Å². The highest BCUT2D eigenvalue weighted by atomic mass is 16.7. The van der Waals surface area contributed by atoms with E-state index in [1.807, 2.05) is 30.3 Å². The molecule has 0 fully saturated rings. The second-order valence-electron chi connectivity index (χ2n) is 4.46. The Balaban J connectivity index is 2.83. The zero-order valence-electron chi connectivity index (χ0n) is 11.9. The molecule has 0 spiro atoms. The van der Waals surface area contributed by atoms with Crippen LogP contribution in [0.2, 0.25) is 0 Å². The summed E-state index contributed by atoms with van der Waals surface area (Å²) >= 11 is 0. The maximum absolute atomic E-state index is 11.9. The number of aliphatic hydroxyl groups excluding tert-OH is 1. The van der Waals surface area contributed by atoms with Gasteiger partial charge in [0.1, 0.15) is 0 Å². The van der Waals surface area contributed by atoms with Crippen molar-refractivity contribution < 1.29 is 19.5 Å². The summed E-state index contributed by atoms with van der Waals surface area (Å²) in [5.74, 6) is -0.917. The van der Waals surface area contributed by atoms with Gasteiger partial charge in [0.05, 0.1) is 13.2 Å². The van der Waals surface area contributed by atoms with E-state index in [0.29, 0.717) is 6.42 Å². The molecule has 2 N–H and O–H groups in total. The van der Waals surface area contributed by atoms with Crippen LogP contribution in [0.3, 0.4) is 0 Å². The molecule has 0 aliphatic heterocycles. The summed E-state index contributed by atoms with van der Waals surface area (Å²) in [5.41, 5.74) is 0.915. The standard InChI is InChI=1S/C14H20N2O4/c1-10(17)15-12(9-11-7-5-4-6-8-11)13(18)14(19)16(2)20-3/h4-8,12-13,18H,9H2,1-3H3,(H,15,17)/t12-,13+/m1/s1. The first-order valence-electron chi connectivity index (χ1n) is 6.26. The highest BCUT2D eigenvalue weighted by Gasteiger charge is 2.29. The largest absolute Gasteiger partial charge is 0.381 e. The Hall–Kier alpha value is -1.92. The Morgan fingerprint density at radius 2 is 1.95 bits per heavy atom. The molecule has 0 saturated carbocycles. The molecular formula is C14H20N2O4. The van der Waals surface area contributed by atoms with Crippen molar-refractivity contribution in [3.8, 4) is 0 Å². The summed E-state index contributed by atoms with van der Waals surface area (Å²) in [6, 6.07) is 8.61. The number of likely N-dealkylation sites (N-methyl/N-ethyl adjacent to an activating group) is 1. The minimum atomic E-state index is -1.37. The Bertz CT molecular complexity index is 450. The first-order chi connectivity index (χ1) is 9.45. The minimum absolute atomic E-state index is 0.308. The highest BCUT2D eigenvalue weighted by molar-refractivity contribution is 5.82. The molecule has 1 rings (SSSR count). The van der Waals surface area contributed by atoms with E-state index in [0.717, 1.165) is 10.6 Å². The van der Waals surface area contributed by atoms with Crippen LogP contribution >= 0.6 is 0 Å². The lowest BCUT2D eigenvalue weighted by Gasteiger charge is -2.25. The maximum Gasteiger partial charge on any atom is 0.276 e. The molecule has 20 heavy (non-hydrogen) atoms. The molecule has 6 heteroatoms. The van der Waals surface area contributed by atoms with Crippen LogP contribution in [0.5, 0.6) is 0 Å². The number of rotatable bonds is 6. The van der Waals surface area contributed by atoms with Gasteiger partial charge in [0.15, 0.2) is 6.10 Å². The van der Waals surface area contributed by atoms with Gasteiger partial charge in [-0.25, -0.2) is 5.06 Å². The Labute approximate surface area is 118 Å². The van der Waals surface area contributed by atoms with E-state index in [-0.39, 0.29) is 5.91 Å². The molecule has 0 unspecified atom stereocenters. The van der Waals surface area contributed by atoms with Gasteiger partial charge in [-0.15, -0.1) is 0 Å². The number of hydrogen-bond acceptors (Lipinski definition) is 4. The normalized spacial score (nSPS) is 13.4. The number of hydroxylamine groups is 2. The fraction of sp³-hybridized carbons (Fsp3) is 0.429. The van der Waals surface area contributed by atoms with Crippen LogP contribution in [0.15, 0.2) is 30.3 Å². The quantitative estimate of drug-likeness (QED) is 0.725. The van der Waals surface area contributed by atoms with Crippen molar-refractivity contribution in [2.45, 2.75) is 25.5 Å². The molecule has 2 atom stereocenters. The maximum atomic E-state index is 11.9. The SMILES string of the molecule is CON(C)C(=O)[C@@H](O)[C@@H](Cc1ccccc1)NC(C)=O. The minimum Gasteiger partial charge on any atom is -0.381 e. The molecule has 0 aliphatic carbocycles. The molecule has 1 aromatic carbocycles. The van der Waals surface area contributed by atoms with Gasteiger partial charge in [-0.05, 0) is 12.0 Å². The fourth-order valence-corrected chi connectivity index (χ4v) is 1.82. The van der Waals surface area contributed by atoms with E-state index in [1.165, 1.54) is 21.1 Å². The number of aliphatic hydroxyl groups is 1. The number of nitrogens with zero attached hydrogens (tertiary/aromatic N) is 1. The summed E-state index contributed by atoms with van der Waals surface area (Å²) in [5, 5.41) is 13.6. The molecular weight excluding hydrogens is 260 g/mol. The third-order valence-corrected chi connectivity index (χ3v) is 2.91. The molecule has 0 radical (unpaired) electrons. The van der Waals surface area contributed by atoms with Crippen LogP contribution in [0.1, 0.15) is 12.5 Å². The summed E-state index contributed by atoms with van der Waals surface area (Å²) in [4.78, 5) is 27.9. The number of benzene rings is 1. The Kier molecular flexibility index (Phi) is 6.14. The third-order valence-electron chi connectivity index (χ3n) is 2.91. The number of carbonyl (C=O) groups is 2. The van der Waals surface area contributed by atoms with Crippen molar-refractivity contribution in [2.75, 3.05) is 14.2 Å². The van der Waals surface area contributed by atoms with Gasteiger partial charge < -0.3 is 10.4 Å². The van der Waals surface area contributed by atoms with Crippen LogP contribution in [0.25, 0.3) is 0 Å². The number of nitrogens with one attached hydrogen (secondary N) is 1. The number of carbonyl (C=O) groups excluding carboxylic acids is 2. The van der Waals surface area contributed by atoms with E-state index in [4.69, 9.17) is 4.84 Å². The monoisotopic (exact) mass is 280 g/mol. The predicted octanol–water partition coefficient (Wildman–Crippen LogP) is 0.114. The number of amides is 2. The highest BCUT2D eigenvalue weighted by Crippen LogP contribution is 2.08. The molecule has 110 valence electrons. The predicted molar refractivity (Wildman–Crippen MR) is 73.5 cm³/mol. The zero-order valence-corrected chi connectivity index (χ0v) is 11.9. The van der Waals surface area contributed by atoms with E-state index in [2.05, 4.69) is 5.32 Å². The van der Waals surface area contributed by atoms with E-state index >= 15 is 0 Å². The van der Waals surface area contributed by atoms with Crippen molar-refractivity contribution in [1.82, 2.24) is 10.4 Å². The Morgan fingerprint density at radius 3 is 2.45 bits per heavy atom. The lowest BCUT2D eigenvalue weighted by atomic mass is 10.0. The van der Waals surface area contributed by atoms with Crippen molar-refractivity contribution in [3.63, 3.8) is 0 Å². The van der Waals surface area contributed by atoms with Gasteiger partial charge in [-0.3, -0.25) is 14.4 Å². The van der Waals surface area contributed by atoms with Crippen LogP contribution in [-0.4, -0.2) is 48.3 Å². The summed E-state index contributed by atoms with van der Waals surface area (Å²) in [6.45, 7) is 1.34. The van der Waals surface area contributed by atoms with Crippen molar-refractivity contribution in [1.29, 1.82) is 0 Å². The van der Waals surface area contributed by atoms with Gasteiger partial charge in [0, 0.05) is 14.0 Å². The smallest absolute Gasteiger partial charge is 0.276 e. The first kappa shape index (κ1) is 16.1. The molecule has 0 heterocycles. The average Bonchev–Trinajstić information content (AvgIpc) is 2.44.